The monoisotopic (exact) mass is 458 g/mol. The van der Waals surface area contributed by atoms with Crippen LogP contribution >= 0.6 is 24.2 Å². The number of nitrogens with zero attached hydrogens (tertiary/aromatic N) is 4. The minimum absolute atomic E-state index is 0. The molecule has 166 valence electrons. The van der Waals surface area contributed by atoms with Gasteiger partial charge in [-0.1, -0.05) is 30.3 Å². The molecule has 1 fully saturated rings. The molecule has 7 heteroatoms. The molecule has 2 aliphatic heterocycles. The van der Waals surface area contributed by atoms with Crippen molar-refractivity contribution in [3.05, 3.63) is 52.6 Å². The first-order chi connectivity index (χ1) is 14.5. The number of hydrogen-bond donors (Lipinski definition) is 0. The molecule has 0 radical (unpaired) electrons. The largest absolute Gasteiger partial charge is 0.370 e. The molecule has 0 amide bonds. The van der Waals surface area contributed by atoms with E-state index in [1.807, 2.05) is 6.26 Å². The molecule has 5 nitrogen and oxygen atoms in total. The molecule has 0 aliphatic carbocycles. The molecular weight excluding hydrogens is 428 g/mol. The normalized spacial score (nSPS) is 18.1. The van der Waals surface area contributed by atoms with Gasteiger partial charge in [0.25, 0.3) is 0 Å². The van der Waals surface area contributed by atoms with E-state index in [4.69, 9.17) is 9.72 Å². The lowest BCUT2D eigenvalue weighted by Crippen LogP contribution is -2.48. The van der Waals surface area contributed by atoms with Gasteiger partial charge in [0.15, 0.2) is 0 Å². The van der Waals surface area contributed by atoms with Crippen LogP contribution in [0.3, 0.4) is 0 Å². The Bertz CT molecular complexity index is 937. The maximum atomic E-state index is 9.80. The highest BCUT2D eigenvalue weighted by Crippen LogP contribution is 2.38. The summed E-state index contributed by atoms with van der Waals surface area (Å²) >= 11 is 1.57. The zero-order chi connectivity index (χ0) is 21.1. The topological polar surface area (TPSA) is 52.4 Å². The lowest BCUT2D eigenvalue weighted by molar-refractivity contribution is -0.0402. The van der Waals surface area contributed by atoms with Gasteiger partial charge < -0.3 is 9.64 Å². The Balaban J connectivity index is 0.00000272. The third kappa shape index (κ3) is 5.35. The lowest BCUT2D eigenvalue weighted by atomic mass is 9.89. The van der Waals surface area contributed by atoms with Crippen molar-refractivity contribution in [1.29, 1.82) is 5.26 Å². The Labute approximate surface area is 196 Å². The van der Waals surface area contributed by atoms with Crippen molar-refractivity contribution in [3.8, 4) is 6.07 Å². The summed E-state index contributed by atoms with van der Waals surface area (Å²) in [5, 5.41) is 10.6. The predicted octanol–water partition coefficient (Wildman–Crippen LogP) is 4.31. The zero-order valence-corrected chi connectivity index (χ0v) is 20.2. The number of nitriles is 1. The second-order valence-electron chi connectivity index (χ2n) is 8.68. The SMILES string of the molecule is CSc1nc(N2CCN(CCc3ccccc3)CC2)c2c(c1C#N)CC(C)(C)OC2.Cl. The Morgan fingerprint density at radius 3 is 2.48 bits per heavy atom. The van der Waals surface area contributed by atoms with Crippen molar-refractivity contribution in [2.24, 2.45) is 0 Å². The number of hydrogen-bond acceptors (Lipinski definition) is 6. The summed E-state index contributed by atoms with van der Waals surface area (Å²) in [6.45, 7) is 9.79. The number of thioether (sulfide) groups is 1. The summed E-state index contributed by atoms with van der Waals surface area (Å²) in [6.07, 6.45) is 3.85. The van der Waals surface area contributed by atoms with E-state index in [9.17, 15) is 5.26 Å². The maximum absolute atomic E-state index is 9.80. The molecule has 0 atom stereocenters. The molecular formula is C24H31ClN4OS. The number of pyridine rings is 1. The van der Waals surface area contributed by atoms with Gasteiger partial charge in [-0.05, 0) is 37.7 Å². The Morgan fingerprint density at radius 1 is 1.13 bits per heavy atom. The van der Waals surface area contributed by atoms with Crippen LogP contribution in [0.25, 0.3) is 0 Å². The fourth-order valence-electron chi connectivity index (χ4n) is 4.37. The van der Waals surface area contributed by atoms with Gasteiger partial charge in [0, 0.05) is 44.7 Å². The van der Waals surface area contributed by atoms with Crippen LogP contribution in [0.5, 0.6) is 0 Å². The number of halogens is 1. The molecule has 1 aromatic heterocycles. The van der Waals surface area contributed by atoms with Crippen molar-refractivity contribution in [2.75, 3.05) is 43.9 Å². The zero-order valence-electron chi connectivity index (χ0n) is 18.6. The van der Waals surface area contributed by atoms with Gasteiger partial charge in [-0.25, -0.2) is 4.98 Å². The number of aromatic nitrogens is 1. The predicted molar refractivity (Wildman–Crippen MR) is 129 cm³/mol. The van der Waals surface area contributed by atoms with Gasteiger partial charge in [-0.15, -0.1) is 24.2 Å². The van der Waals surface area contributed by atoms with Gasteiger partial charge >= 0.3 is 0 Å². The minimum atomic E-state index is -0.247. The number of ether oxygens (including phenoxy) is 1. The first kappa shape index (κ1) is 23.9. The van der Waals surface area contributed by atoms with Crippen LogP contribution in [0.15, 0.2) is 35.4 Å². The first-order valence-corrected chi connectivity index (χ1v) is 11.9. The average Bonchev–Trinajstić information content (AvgIpc) is 2.77. The van der Waals surface area contributed by atoms with Gasteiger partial charge in [0.05, 0.1) is 17.8 Å². The van der Waals surface area contributed by atoms with Gasteiger partial charge in [0.2, 0.25) is 0 Å². The van der Waals surface area contributed by atoms with Crippen LogP contribution in [0.2, 0.25) is 0 Å². The highest BCUT2D eigenvalue weighted by Gasteiger charge is 2.33. The van der Waals surface area contributed by atoms with Crippen molar-refractivity contribution in [1.82, 2.24) is 9.88 Å². The van der Waals surface area contributed by atoms with E-state index >= 15 is 0 Å². The third-order valence-corrected chi connectivity index (χ3v) is 6.79. The summed E-state index contributed by atoms with van der Waals surface area (Å²) in [5.74, 6) is 1.02. The van der Waals surface area contributed by atoms with E-state index < -0.39 is 0 Å². The van der Waals surface area contributed by atoms with Gasteiger partial charge in [-0.3, -0.25) is 4.90 Å². The Morgan fingerprint density at radius 2 is 1.84 bits per heavy atom. The molecule has 0 spiro atoms. The van der Waals surface area contributed by atoms with Crippen molar-refractivity contribution in [2.45, 2.75) is 43.9 Å². The van der Waals surface area contributed by atoms with E-state index in [0.717, 1.165) is 73.1 Å². The summed E-state index contributed by atoms with van der Waals surface area (Å²) < 4.78 is 6.11. The first-order valence-electron chi connectivity index (χ1n) is 10.7. The van der Waals surface area contributed by atoms with Crippen molar-refractivity contribution >= 4 is 30.0 Å². The fourth-order valence-corrected chi connectivity index (χ4v) is 4.92. The molecule has 2 aromatic rings. The molecule has 0 N–H and O–H groups in total. The smallest absolute Gasteiger partial charge is 0.135 e. The summed E-state index contributed by atoms with van der Waals surface area (Å²) in [4.78, 5) is 9.86. The van der Waals surface area contributed by atoms with Crippen molar-refractivity contribution in [3.63, 3.8) is 0 Å². The quantitative estimate of drug-likeness (QED) is 0.622. The minimum Gasteiger partial charge on any atom is -0.370 e. The van der Waals surface area contributed by atoms with Crippen molar-refractivity contribution < 1.29 is 4.74 Å². The molecule has 3 heterocycles. The number of fused-ring (bicyclic) bond motifs is 1. The van der Waals surface area contributed by atoms with Crippen LogP contribution in [-0.4, -0.2) is 54.5 Å². The van der Waals surface area contributed by atoms with E-state index in [2.05, 4.69) is 60.0 Å². The van der Waals surface area contributed by atoms with E-state index in [0.29, 0.717) is 6.61 Å². The summed E-state index contributed by atoms with van der Waals surface area (Å²) in [7, 11) is 0. The Kier molecular flexibility index (Phi) is 7.87. The van der Waals surface area contributed by atoms with Crippen LogP contribution in [0.4, 0.5) is 5.82 Å². The lowest BCUT2D eigenvalue weighted by Gasteiger charge is -2.39. The number of benzene rings is 1. The number of anilines is 1. The second-order valence-corrected chi connectivity index (χ2v) is 9.47. The van der Waals surface area contributed by atoms with E-state index in [1.165, 1.54) is 5.56 Å². The summed E-state index contributed by atoms with van der Waals surface area (Å²) in [5.41, 5.74) is 4.13. The number of rotatable bonds is 5. The molecule has 1 saturated heterocycles. The molecule has 4 rings (SSSR count). The van der Waals surface area contributed by atoms with Crippen LogP contribution in [0, 0.1) is 11.3 Å². The van der Waals surface area contributed by atoms with Gasteiger partial charge in [-0.2, -0.15) is 5.26 Å². The van der Waals surface area contributed by atoms with Crippen LogP contribution in [0.1, 0.15) is 36.1 Å². The highest BCUT2D eigenvalue weighted by molar-refractivity contribution is 7.98. The third-order valence-electron chi connectivity index (χ3n) is 6.10. The maximum Gasteiger partial charge on any atom is 0.135 e. The molecule has 1 aromatic carbocycles. The van der Waals surface area contributed by atoms with Crippen LogP contribution < -0.4 is 4.90 Å². The second kappa shape index (κ2) is 10.2. The van der Waals surface area contributed by atoms with Crippen LogP contribution in [-0.2, 0) is 24.2 Å². The average molecular weight is 459 g/mol. The fraction of sp³-hybridized carbons (Fsp3) is 0.500. The number of piperazine rings is 1. The van der Waals surface area contributed by atoms with Gasteiger partial charge in [0.1, 0.15) is 16.9 Å². The molecule has 2 aliphatic rings. The molecule has 0 saturated carbocycles. The molecule has 0 bridgehead atoms. The highest BCUT2D eigenvalue weighted by atomic mass is 35.5. The summed E-state index contributed by atoms with van der Waals surface area (Å²) in [6, 6.07) is 13.1. The van der Waals surface area contributed by atoms with E-state index in [1.54, 1.807) is 11.8 Å². The van der Waals surface area contributed by atoms with E-state index in [-0.39, 0.29) is 18.0 Å². The molecule has 0 unspecified atom stereocenters. The molecule has 31 heavy (non-hydrogen) atoms. The standard InChI is InChI=1S/C24H30N4OS.ClH/c1-24(2)15-19-20(16-25)23(30-3)26-22(21(19)17-29-24)28-13-11-27(12-14-28)10-9-18-7-5-4-6-8-18;/h4-8H,9-15,17H2,1-3H3;1H. The Hall–Kier alpha value is -1.78.